The molecule has 2 unspecified atom stereocenters. The fraction of sp³-hybridized carbons (Fsp3) is 0.421. The molecule has 0 spiro atoms. The van der Waals surface area contributed by atoms with Gasteiger partial charge in [0.1, 0.15) is 0 Å². The number of amides is 2. The SMILES string of the molecule is CC(NC(=O)C1CCCN(C(=O)Cc2ccccc2)C1)c1cn[nH]c1. The van der Waals surface area contributed by atoms with Crippen LogP contribution in [-0.2, 0) is 16.0 Å². The van der Waals surface area contributed by atoms with Crippen molar-refractivity contribution in [1.29, 1.82) is 0 Å². The summed E-state index contributed by atoms with van der Waals surface area (Å²) in [6, 6.07) is 9.63. The minimum atomic E-state index is -0.150. The fourth-order valence-corrected chi connectivity index (χ4v) is 3.21. The van der Waals surface area contributed by atoms with Crippen LogP contribution in [-0.4, -0.2) is 40.0 Å². The number of benzene rings is 1. The molecule has 0 bridgehead atoms. The van der Waals surface area contributed by atoms with Crippen LogP contribution in [0.1, 0.15) is 36.9 Å². The van der Waals surface area contributed by atoms with Gasteiger partial charge in [0.15, 0.2) is 0 Å². The summed E-state index contributed by atoms with van der Waals surface area (Å²) < 4.78 is 0. The van der Waals surface area contributed by atoms with Gasteiger partial charge in [0.25, 0.3) is 0 Å². The average Bonchev–Trinajstić information content (AvgIpc) is 3.17. The maximum Gasteiger partial charge on any atom is 0.227 e. The smallest absolute Gasteiger partial charge is 0.227 e. The molecule has 25 heavy (non-hydrogen) atoms. The molecule has 1 aliphatic heterocycles. The Morgan fingerprint density at radius 1 is 1.36 bits per heavy atom. The van der Waals surface area contributed by atoms with E-state index in [9.17, 15) is 9.59 Å². The van der Waals surface area contributed by atoms with Crippen LogP contribution in [0.2, 0.25) is 0 Å². The van der Waals surface area contributed by atoms with Crippen molar-refractivity contribution in [3.8, 4) is 0 Å². The van der Waals surface area contributed by atoms with Crippen molar-refractivity contribution in [3.05, 3.63) is 53.9 Å². The molecule has 6 heteroatoms. The highest BCUT2D eigenvalue weighted by molar-refractivity contribution is 5.82. The molecule has 2 amide bonds. The summed E-state index contributed by atoms with van der Waals surface area (Å²) in [5.74, 6) is -0.0553. The van der Waals surface area contributed by atoms with Crippen molar-refractivity contribution in [2.45, 2.75) is 32.2 Å². The van der Waals surface area contributed by atoms with Gasteiger partial charge in [0, 0.05) is 24.8 Å². The number of carbonyl (C=O) groups is 2. The van der Waals surface area contributed by atoms with E-state index in [-0.39, 0.29) is 23.8 Å². The Kier molecular flexibility index (Phi) is 5.48. The highest BCUT2D eigenvalue weighted by Gasteiger charge is 2.29. The molecular formula is C19H24N4O2. The largest absolute Gasteiger partial charge is 0.349 e. The number of nitrogens with zero attached hydrogens (tertiary/aromatic N) is 2. The van der Waals surface area contributed by atoms with Crippen LogP contribution in [0.4, 0.5) is 0 Å². The molecule has 2 atom stereocenters. The van der Waals surface area contributed by atoms with E-state index in [0.717, 1.165) is 30.5 Å². The number of likely N-dealkylation sites (tertiary alicyclic amines) is 1. The Balaban J connectivity index is 1.55. The maximum absolute atomic E-state index is 12.6. The molecule has 2 N–H and O–H groups in total. The number of rotatable bonds is 5. The molecule has 3 rings (SSSR count). The number of aromatic nitrogens is 2. The first-order chi connectivity index (χ1) is 12.1. The molecule has 1 aromatic heterocycles. The molecule has 1 fully saturated rings. The van der Waals surface area contributed by atoms with Crippen LogP contribution in [0.5, 0.6) is 0 Å². The third-order valence-corrected chi connectivity index (χ3v) is 4.72. The normalized spacial score (nSPS) is 18.6. The Labute approximate surface area is 147 Å². The monoisotopic (exact) mass is 340 g/mol. The molecule has 1 aliphatic rings. The lowest BCUT2D eigenvalue weighted by molar-refractivity contribution is -0.135. The molecule has 6 nitrogen and oxygen atoms in total. The summed E-state index contributed by atoms with van der Waals surface area (Å²) in [6.45, 7) is 3.16. The first kappa shape index (κ1) is 17.2. The summed E-state index contributed by atoms with van der Waals surface area (Å²) in [5, 5.41) is 9.69. The number of hydrogen-bond acceptors (Lipinski definition) is 3. The summed E-state index contributed by atoms with van der Waals surface area (Å²) in [4.78, 5) is 26.9. The van der Waals surface area contributed by atoms with Crippen LogP contribution in [0.15, 0.2) is 42.7 Å². The predicted octanol–water partition coefficient (Wildman–Crippen LogP) is 2.07. The van der Waals surface area contributed by atoms with E-state index in [1.165, 1.54) is 0 Å². The summed E-state index contributed by atoms with van der Waals surface area (Å²) in [7, 11) is 0. The first-order valence-corrected chi connectivity index (χ1v) is 8.74. The van der Waals surface area contributed by atoms with E-state index in [0.29, 0.717) is 13.0 Å². The number of carbonyl (C=O) groups excluding carboxylic acids is 2. The van der Waals surface area contributed by atoms with Gasteiger partial charge < -0.3 is 10.2 Å². The van der Waals surface area contributed by atoms with Crippen molar-refractivity contribution >= 4 is 11.8 Å². The van der Waals surface area contributed by atoms with Gasteiger partial charge in [-0.2, -0.15) is 5.10 Å². The van der Waals surface area contributed by atoms with Crippen LogP contribution < -0.4 is 5.32 Å². The third-order valence-electron chi connectivity index (χ3n) is 4.72. The highest BCUT2D eigenvalue weighted by Crippen LogP contribution is 2.19. The summed E-state index contributed by atoms with van der Waals surface area (Å²) in [5.41, 5.74) is 1.95. The van der Waals surface area contributed by atoms with E-state index in [2.05, 4.69) is 15.5 Å². The minimum Gasteiger partial charge on any atom is -0.349 e. The lowest BCUT2D eigenvalue weighted by Crippen LogP contribution is -2.46. The maximum atomic E-state index is 12.6. The third kappa shape index (κ3) is 4.47. The van der Waals surface area contributed by atoms with E-state index in [1.54, 1.807) is 12.4 Å². The molecule has 132 valence electrons. The van der Waals surface area contributed by atoms with Gasteiger partial charge in [-0.15, -0.1) is 0 Å². The van der Waals surface area contributed by atoms with Crippen LogP contribution in [0.3, 0.4) is 0 Å². The highest BCUT2D eigenvalue weighted by atomic mass is 16.2. The van der Waals surface area contributed by atoms with Gasteiger partial charge >= 0.3 is 0 Å². The van der Waals surface area contributed by atoms with E-state index >= 15 is 0 Å². The second-order valence-electron chi connectivity index (χ2n) is 6.60. The van der Waals surface area contributed by atoms with Crippen LogP contribution in [0.25, 0.3) is 0 Å². The molecule has 0 radical (unpaired) electrons. The van der Waals surface area contributed by atoms with Crippen molar-refractivity contribution in [2.24, 2.45) is 5.92 Å². The number of piperidine rings is 1. The number of aromatic amines is 1. The average molecular weight is 340 g/mol. The van der Waals surface area contributed by atoms with Gasteiger partial charge in [0.2, 0.25) is 11.8 Å². The van der Waals surface area contributed by atoms with Gasteiger partial charge in [0.05, 0.1) is 24.6 Å². The van der Waals surface area contributed by atoms with Crippen molar-refractivity contribution in [3.63, 3.8) is 0 Å². The number of H-pyrrole nitrogens is 1. The van der Waals surface area contributed by atoms with E-state index in [4.69, 9.17) is 0 Å². The molecule has 0 saturated carbocycles. The molecule has 2 aromatic rings. The van der Waals surface area contributed by atoms with Gasteiger partial charge in [-0.25, -0.2) is 0 Å². The first-order valence-electron chi connectivity index (χ1n) is 8.74. The second kappa shape index (κ2) is 7.96. The van der Waals surface area contributed by atoms with Crippen molar-refractivity contribution < 1.29 is 9.59 Å². The predicted molar refractivity (Wildman–Crippen MR) is 94.6 cm³/mol. The minimum absolute atomic E-state index is 0.00547. The molecular weight excluding hydrogens is 316 g/mol. The lowest BCUT2D eigenvalue weighted by atomic mass is 9.96. The zero-order valence-corrected chi connectivity index (χ0v) is 14.4. The molecule has 1 aromatic carbocycles. The Bertz CT molecular complexity index is 699. The Hall–Kier alpha value is -2.63. The Morgan fingerprint density at radius 2 is 2.16 bits per heavy atom. The van der Waals surface area contributed by atoms with E-state index < -0.39 is 0 Å². The second-order valence-corrected chi connectivity index (χ2v) is 6.60. The summed E-state index contributed by atoms with van der Waals surface area (Å²) in [6.07, 6.45) is 5.56. The van der Waals surface area contributed by atoms with Gasteiger partial charge in [-0.3, -0.25) is 14.7 Å². The molecule has 1 saturated heterocycles. The fourth-order valence-electron chi connectivity index (χ4n) is 3.21. The summed E-state index contributed by atoms with van der Waals surface area (Å²) >= 11 is 0. The lowest BCUT2D eigenvalue weighted by Gasteiger charge is -2.32. The zero-order chi connectivity index (χ0) is 17.6. The van der Waals surface area contributed by atoms with Gasteiger partial charge in [-0.05, 0) is 25.3 Å². The quantitative estimate of drug-likeness (QED) is 0.875. The Morgan fingerprint density at radius 3 is 2.88 bits per heavy atom. The zero-order valence-electron chi connectivity index (χ0n) is 14.4. The van der Waals surface area contributed by atoms with Gasteiger partial charge in [-0.1, -0.05) is 30.3 Å². The molecule has 2 heterocycles. The van der Waals surface area contributed by atoms with E-state index in [1.807, 2.05) is 42.2 Å². The standard InChI is InChI=1S/C19H24N4O2/c1-14(17-11-20-21-12-17)22-19(25)16-8-5-9-23(13-16)18(24)10-15-6-3-2-4-7-15/h2-4,6-7,11-12,14,16H,5,8-10,13H2,1H3,(H,20,21)(H,22,25). The van der Waals surface area contributed by atoms with Crippen molar-refractivity contribution in [2.75, 3.05) is 13.1 Å². The van der Waals surface area contributed by atoms with Crippen LogP contribution in [0, 0.1) is 5.92 Å². The topological polar surface area (TPSA) is 78.1 Å². The van der Waals surface area contributed by atoms with Crippen LogP contribution >= 0.6 is 0 Å². The van der Waals surface area contributed by atoms with Crippen molar-refractivity contribution in [1.82, 2.24) is 20.4 Å². The number of hydrogen-bond donors (Lipinski definition) is 2. The molecule has 0 aliphatic carbocycles. The number of nitrogens with one attached hydrogen (secondary N) is 2.